The Balaban J connectivity index is 1.88. The van der Waals surface area contributed by atoms with E-state index < -0.39 is 11.4 Å². The van der Waals surface area contributed by atoms with Gasteiger partial charge in [-0.15, -0.1) is 0 Å². The molecule has 0 radical (unpaired) electrons. The van der Waals surface area contributed by atoms with Crippen molar-refractivity contribution in [3.63, 3.8) is 0 Å². The average Bonchev–Trinajstić information content (AvgIpc) is 3.20. The number of nitrogens with one attached hydrogen (secondary N) is 2. The third-order valence-electron chi connectivity index (χ3n) is 3.79. The number of hydrogen-bond donors (Lipinski definition) is 3. The van der Waals surface area contributed by atoms with E-state index in [-0.39, 0.29) is 5.91 Å². The van der Waals surface area contributed by atoms with Crippen molar-refractivity contribution in [1.29, 1.82) is 0 Å². The molecule has 1 aromatic carbocycles. The molecule has 0 atom stereocenters. The van der Waals surface area contributed by atoms with Crippen LogP contribution in [0.4, 0.5) is 5.69 Å². The van der Waals surface area contributed by atoms with Gasteiger partial charge in [-0.1, -0.05) is 26.0 Å². The number of carbonyl (C=O) groups excluding carboxylic acids is 1. The summed E-state index contributed by atoms with van der Waals surface area (Å²) in [6.07, 6.45) is 1.79. The van der Waals surface area contributed by atoms with Gasteiger partial charge >= 0.3 is 5.97 Å². The van der Waals surface area contributed by atoms with E-state index in [4.69, 9.17) is 0 Å². The summed E-state index contributed by atoms with van der Waals surface area (Å²) in [6.45, 7) is 4.71. The topological polar surface area (TPSA) is 78.4 Å². The van der Waals surface area contributed by atoms with E-state index in [1.54, 1.807) is 24.3 Å². The number of aliphatic carboxylic acids is 1. The largest absolute Gasteiger partial charge is 0.481 e. The lowest BCUT2D eigenvalue weighted by Gasteiger charge is -2.12. The molecule has 0 unspecified atom stereocenters. The highest BCUT2D eigenvalue weighted by Gasteiger charge is 2.51. The first-order valence-electron chi connectivity index (χ1n) is 7.31. The van der Waals surface area contributed by atoms with Gasteiger partial charge < -0.3 is 15.7 Å². The van der Waals surface area contributed by atoms with E-state index in [9.17, 15) is 14.7 Å². The first-order chi connectivity index (χ1) is 9.94. The molecule has 0 aromatic heterocycles. The Hall–Kier alpha value is -1.88. The van der Waals surface area contributed by atoms with Gasteiger partial charge in [0.2, 0.25) is 5.91 Å². The van der Waals surface area contributed by atoms with Crippen LogP contribution in [0.25, 0.3) is 0 Å². The third kappa shape index (κ3) is 3.82. The highest BCUT2D eigenvalue weighted by molar-refractivity contribution is 5.91. The lowest BCUT2D eigenvalue weighted by Crippen LogP contribution is -2.27. The summed E-state index contributed by atoms with van der Waals surface area (Å²) in [5.74, 6) is -0.811. The molecule has 3 N–H and O–H groups in total. The maximum absolute atomic E-state index is 11.8. The smallest absolute Gasteiger partial charge is 0.314 e. The van der Waals surface area contributed by atoms with Crippen molar-refractivity contribution in [1.82, 2.24) is 5.32 Å². The molecule has 21 heavy (non-hydrogen) atoms. The van der Waals surface area contributed by atoms with Crippen molar-refractivity contribution in [3.8, 4) is 0 Å². The summed E-state index contributed by atoms with van der Waals surface area (Å²) in [7, 11) is 0. The zero-order valence-corrected chi connectivity index (χ0v) is 12.5. The first kappa shape index (κ1) is 15.5. The summed E-state index contributed by atoms with van der Waals surface area (Å²) in [5, 5.41) is 15.2. The maximum atomic E-state index is 11.8. The molecule has 0 heterocycles. The Bertz CT molecular complexity index is 519. The van der Waals surface area contributed by atoms with Crippen LogP contribution in [-0.2, 0) is 15.0 Å². The van der Waals surface area contributed by atoms with Gasteiger partial charge in [0.15, 0.2) is 0 Å². The minimum Gasteiger partial charge on any atom is -0.481 e. The second kappa shape index (κ2) is 6.26. The molecule has 0 bridgehead atoms. The number of carboxylic acid groups (broad SMARTS) is 1. The van der Waals surface area contributed by atoms with Crippen LogP contribution in [0.1, 0.15) is 38.7 Å². The summed E-state index contributed by atoms with van der Waals surface area (Å²) in [4.78, 5) is 23.0. The second-order valence-electron chi connectivity index (χ2n) is 5.87. The van der Waals surface area contributed by atoms with Crippen molar-refractivity contribution in [2.24, 2.45) is 0 Å². The molecule has 1 aliphatic rings. The second-order valence-corrected chi connectivity index (χ2v) is 5.87. The number of anilines is 1. The highest BCUT2D eigenvalue weighted by Crippen LogP contribution is 2.48. The lowest BCUT2D eigenvalue weighted by atomic mass is 9.96. The summed E-state index contributed by atoms with van der Waals surface area (Å²) in [5.41, 5.74) is 0.827. The quantitative estimate of drug-likeness (QED) is 0.719. The number of hydrogen-bond acceptors (Lipinski definition) is 3. The van der Waals surface area contributed by atoms with Gasteiger partial charge in [0.05, 0.1) is 5.41 Å². The molecule has 0 spiro atoms. The first-order valence-corrected chi connectivity index (χ1v) is 7.31. The van der Waals surface area contributed by atoms with Gasteiger partial charge in [-0.2, -0.15) is 0 Å². The minimum absolute atomic E-state index is 0.0460. The molecule has 1 aromatic rings. The minimum atomic E-state index is -0.765. The zero-order valence-electron chi connectivity index (χ0n) is 12.5. The fourth-order valence-corrected chi connectivity index (χ4v) is 2.32. The van der Waals surface area contributed by atoms with Gasteiger partial charge in [-0.05, 0) is 30.5 Å². The Morgan fingerprint density at radius 1 is 1.24 bits per heavy atom. The number of rotatable bonds is 7. The molecule has 0 saturated heterocycles. The van der Waals surface area contributed by atoms with E-state index in [0.29, 0.717) is 37.5 Å². The standard InChI is InChI=1S/C16H22N2O3/c1-11(2)17-10-7-14(19)18-13-5-3-12(4-6-13)16(8-9-16)15(20)21/h3-6,11,17H,7-10H2,1-2H3,(H,18,19)(H,20,21). The summed E-state index contributed by atoms with van der Waals surface area (Å²) >= 11 is 0. The molecule has 1 saturated carbocycles. The Labute approximate surface area is 124 Å². The summed E-state index contributed by atoms with van der Waals surface area (Å²) < 4.78 is 0. The predicted molar refractivity (Wildman–Crippen MR) is 81.4 cm³/mol. The fraction of sp³-hybridized carbons (Fsp3) is 0.500. The van der Waals surface area contributed by atoms with E-state index in [0.717, 1.165) is 5.56 Å². The molecular weight excluding hydrogens is 268 g/mol. The van der Waals surface area contributed by atoms with Crippen LogP contribution in [-0.4, -0.2) is 29.6 Å². The normalized spacial score (nSPS) is 15.8. The van der Waals surface area contributed by atoms with Crippen LogP contribution >= 0.6 is 0 Å². The van der Waals surface area contributed by atoms with Gasteiger partial charge in [0.1, 0.15) is 0 Å². The van der Waals surface area contributed by atoms with Gasteiger partial charge in [0, 0.05) is 24.7 Å². The van der Waals surface area contributed by atoms with Gasteiger partial charge in [-0.3, -0.25) is 9.59 Å². The monoisotopic (exact) mass is 290 g/mol. The molecule has 5 heteroatoms. The zero-order chi connectivity index (χ0) is 15.5. The molecule has 1 amide bonds. The molecule has 5 nitrogen and oxygen atoms in total. The average molecular weight is 290 g/mol. The van der Waals surface area contributed by atoms with Crippen LogP contribution in [0.3, 0.4) is 0 Å². The maximum Gasteiger partial charge on any atom is 0.314 e. The van der Waals surface area contributed by atoms with Crippen molar-refractivity contribution in [2.45, 2.75) is 44.6 Å². The van der Waals surface area contributed by atoms with E-state index in [2.05, 4.69) is 10.6 Å². The van der Waals surface area contributed by atoms with Crippen molar-refractivity contribution < 1.29 is 14.7 Å². The number of benzene rings is 1. The van der Waals surface area contributed by atoms with Crippen LogP contribution < -0.4 is 10.6 Å². The molecule has 114 valence electrons. The SMILES string of the molecule is CC(C)NCCC(=O)Nc1ccc(C2(C(=O)O)CC2)cc1. The van der Waals surface area contributed by atoms with E-state index >= 15 is 0 Å². The fourth-order valence-electron chi connectivity index (χ4n) is 2.32. The van der Waals surface area contributed by atoms with Gasteiger partial charge in [0.25, 0.3) is 0 Å². The molecule has 0 aliphatic heterocycles. The van der Waals surface area contributed by atoms with Crippen LogP contribution in [0, 0.1) is 0 Å². The number of carboxylic acids is 1. The molecule has 2 rings (SSSR count). The highest BCUT2D eigenvalue weighted by atomic mass is 16.4. The van der Waals surface area contributed by atoms with Crippen molar-refractivity contribution in [2.75, 3.05) is 11.9 Å². The lowest BCUT2D eigenvalue weighted by molar-refractivity contribution is -0.140. The molecular formula is C16H22N2O3. The Kier molecular flexibility index (Phi) is 4.63. The van der Waals surface area contributed by atoms with Crippen molar-refractivity contribution in [3.05, 3.63) is 29.8 Å². The number of amides is 1. The third-order valence-corrected chi connectivity index (χ3v) is 3.79. The van der Waals surface area contributed by atoms with Crippen LogP contribution in [0.2, 0.25) is 0 Å². The summed E-state index contributed by atoms with van der Waals surface area (Å²) in [6, 6.07) is 7.49. The molecule has 1 aliphatic carbocycles. The van der Waals surface area contributed by atoms with E-state index in [1.807, 2.05) is 13.8 Å². The van der Waals surface area contributed by atoms with Gasteiger partial charge in [-0.25, -0.2) is 0 Å². The van der Waals surface area contributed by atoms with E-state index in [1.165, 1.54) is 0 Å². The van der Waals surface area contributed by atoms with Crippen LogP contribution in [0.5, 0.6) is 0 Å². The van der Waals surface area contributed by atoms with Crippen molar-refractivity contribution >= 4 is 17.6 Å². The molecule has 1 fully saturated rings. The predicted octanol–water partition coefficient (Wildman–Crippen LogP) is 2.13. The Morgan fingerprint density at radius 2 is 1.86 bits per heavy atom. The Morgan fingerprint density at radius 3 is 2.33 bits per heavy atom. The van der Waals surface area contributed by atoms with Crippen LogP contribution in [0.15, 0.2) is 24.3 Å². The number of carbonyl (C=O) groups is 2.